The van der Waals surface area contributed by atoms with Gasteiger partial charge in [-0.2, -0.15) is 0 Å². The lowest BCUT2D eigenvalue weighted by Crippen LogP contribution is -2.49. The second-order valence-corrected chi connectivity index (χ2v) is 6.04. The van der Waals surface area contributed by atoms with Crippen molar-refractivity contribution in [3.8, 4) is 0 Å². The van der Waals surface area contributed by atoms with E-state index in [4.69, 9.17) is 5.11 Å². The van der Waals surface area contributed by atoms with Gasteiger partial charge in [0.1, 0.15) is 6.04 Å². The third-order valence-electron chi connectivity index (χ3n) is 3.91. The summed E-state index contributed by atoms with van der Waals surface area (Å²) in [5.41, 5.74) is 0. The van der Waals surface area contributed by atoms with E-state index in [1.165, 1.54) is 12.8 Å². The molecule has 1 atom stereocenters. The van der Waals surface area contributed by atoms with E-state index >= 15 is 0 Å². The number of aliphatic carboxylic acids is 1. The van der Waals surface area contributed by atoms with Crippen LogP contribution in [0.4, 0.5) is 4.79 Å². The normalized spacial score (nSPS) is 24.8. The minimum Gasteiger partial charge on any atom is -0.480 e. The highest BCUT2D eigenvalue weighted by Gasteiger charge is 2.24. The predicted molar refractivity (Wildman–Crippen MR) is 73.9 cm³/mol. The Bertz CT molecular complexity index is 310. The lowest BCUT2D eigenvalue weighted by atomic mass is 9.83. The van der Waals surface area contributed by atoms with Crippen LogP contribution in [0.15, 0.2) is 0 Å². The maximum absolute atomic E-state index is 11.7. The maximum Gasteiger partial charge on any atom is 0.326 e. The fourth-order valence-corrected chi connectivity index (χ4v) is 2.48. The van der Waals surface area contributed by atoms with Gasteiger partial charge in [-0.05, 0) is 30.6 Å². The van der Waals surface area contributed by atoms with Gasteiger partial charge in [-0.15, -0.1) is 0 Å². The molecule has 1 rings (SSSR count). The quantitative estimate of drug-likeness (QED) is 0.716. The third kappa shape index (κ3) is 5.49. The number of carbonyl (C=O) groups excluding carboxylic acids is 1. The molecule has 5 nitrogen and oxygen atoms in total. The Morgan fingerprint density at radius 1 is 1.21 bits per heavy atom. The molecule has 1 aliphatic rings. The molecule has 0 aromatic carbocycles. The first kappa shape index (κ1) is 15.8. The second-order valence-electron chi connectivity index (χ2n) is 6.04. The summed E-state index contributed by atoms with van der Waals surface area (Å²) in [5, 5.41) is 14.3. The highest BCUT2D eigenvalue weighted by Crippen LogP contribution is 2.27. The molecule has 1 aliphatic carbocycles. The number of rotatable bonds is 5. The molecule has 1 saturated carbocycles. The molecular formula is C14H26N2O3. The Morgan fingerprint density at radius 2 is 1.79 bits per heavy atom. The number of hydrogen-bond donors (Lipinski definition) is 3. The van der Waals surface area contributed by atoms with E-state index in [0.29, 0.717) is 12.5 Å². The number of carboxylic acid groups (broad SMARTS) is 1. The molecule has 0 aromatic heterocycles. The van der Waals surface area contributed by atoms with Gasteiger partial charge < -0.3 is 15.7 Å². The molecule has 0 heterocycles. The van der Waals surface area contributed by atoms with Crippen molar-refractivity contribution in [1.82, 2.24) is 10.6 Å². The molecule has 2 amide bonds. The molecule has 0 unspecified atom stereocenters. The zero-order chi connectivity index (χ0) is 14.4. The maximum atomic E-state index is 11.7. The van der Waals surface area contributed by atoms with Gasteiger partial charge in [0.05, 0.1) is 0 Å². The van der Waals surface area contributed by atoms with Gasteiger partial charge in [-0.3, -0.25) is 0 Å². The molecule has 0 aromatic rings. The fourth-order valence-electron chi connectivity index (χ4n) is 2.48. The minimum atomic E-state index is -0.989. The average molecular weight is 270 g/mol. The lowest BCUT2D eigenvalue weighted by molar-refractivity contribution is -0.140. The fraction of sp³-hybridized carbons (Fsp3) is 0.857. The van der Waals surface area contributed by atoms with Crippen LogP contribution in [-0.4, -0.2) is 29.7 Å². The standard InChI is InChI=1S/C14H26N2O3/c1-9(2)12(13(17)18)16-14(19)15-8-11-6-4-10(3)5-7-11/h9-12H,4-8H2,1-3H3,(H,17,18)(H2,15,16,19)/t10?,11?,12-/m1/s1. The van der Waals surface area contributed by atoms with Crippen LogP contribution >= 0.6 is 0 Å². The first-order valence-electron chi connectivity index (χ1n) is 7.17. The van der Waals surface area contributed by atoms with Crippen LogP contribution in [0.3, 0.4) is 0 Å². The van der Waals surface area contributed by atoms with Crippen molar-refractivity contribution in [2.24, 2.45) is 17.8 Å². The van der Waals surface area contributed by atoms with Crippen LogP contribution in [0.2, 0.25) is 0 Å². The Morgan fingerprint density at radius 3 is 2.26 bits per heavy atom. The summed E-state index contributed by atoms with van der Waals surface area (Å²) >= 11 is 0. The van der Waals surface area contributed by atoms with E-state index in [9.17, 15) is 9.59 Å². The van der Waals surface area contributed by atoms with Crippen molar-refractivity contribution in [2.45, 2.75) is 52.5 Å². The highest BCUT2D eigenvalue weighted by molar-refractivity contribution is 5.82. The van der Waals surface area contributed by atoms with E-state index in [1.807, 2.05) is 0 Å². The smallest absolute Gasteiger partial charge is 0.326 e. The first-order valence-corrected chi connectivity index (χ1v) is 7.17. The van der Waals surface area contributed by atoms with Gasteiger partial charge >= 0.3 is 12.0 Å². The van der Waals surface area contributed by atoms with E-state index in [-0.39, 0.29) is 11.9 Å². The average Bonchev–Trinajstić information content (AvgIpc) is 2.34. The summed E-state index contributed by atoms with van der Waals surface area (Å²) in [6.07, 6.45) is 4.73. The number of amides is 2. The van der Waals surface area contributed by atoms with Gasteiger partial charge in [-0.1, -0.05) is 33.6 Å². The molecule has 0 spiro atoms. The van der Waals surface area contributed by atoms with E-state index in [2.05, 4.69) is 17.6 Å². The Hall–Kier alpha value is -1.26. The summed E-state index contributed by atoms with van der Waals surface area (Å²) in [5.74, 6) is 0.210. The molecule has 19 heavy (non-hydrogen) atoms. The van der Waals surface area contributed by atoms with Crippen molar-refractivity contribution >= 4 is 12.0 Å². The van der Waals surface area contributed by atoms with E-state index in [0.717, 1.165) is 18.8 Å². The summed E-state index contributed by atoms with van der Waals surface area (Å²) in [6.45, 7) is 6.46. The Balaban J connectivity index is 2.29. The summed E-state index contributed by atoms with van der Waals surface area (Å²) < 4.78 is 0. The van der Waals surface area contributed by atoms with Crippen molar-refractivity contribution in [2.75, 3.05) is 6.54 Å². The number of nitrogens with one attached hydrogen (secondary N) is 2. The Labute approximate surface area is 115 Å². The zero-order valence-corrected chi connectivity index (χ0v) is 12.1. The molecule has 0 bridgehead atoms. The van der Waals surface area contributed by atoms with Crippen LogP contribution in [0.5, 0.6) is 0 Å². The monoisotopic (exact) mass is 270 g/mol. The van der Waals surface area contributed by atoms with Crippen molar-refractivity contribution < 1.29 is 14.7 Å². The molecular weight excluding hydrogens is 244 g/mol. The zero-order valence-electron chi connectivity index (χ0n) is 12.1. The van der Waals surface area contributed by atoms with Gasteiger partial charge in [0, 0.05) is 6.54 Å². The molecule has 5 heteroatoms. The van der Waals surface area contributed by atoms with Crippen molar-refractivity contribution in [3.05, 3.63) is 0 Å². The Kier molecular flexibility index (Phi) is 6.12. The lowest BCUT2D eigenvalue weighted by Gasteiger charge is -2.26. The van der Waals surface area contributed by atoms with E-state index in [1.54, 1.807) is 13.8 Å². The van der Waals surface area contributed by atoms with Crippen molar-refractivity contribution in [1.29, 1.82) is 0 Å². The number of carboxylic acids is 1. The number of carbonyl (C=O) groups is 2. The van der Waals surface area contributed by atoms with E-state index < -0.39 is 12.0 Å². The van der Waals surface area contributed by atoms with Gasteiger partial charge in [0.15, 0.2) is 0 Å². The van der Waals surface area contributed by atoms with Crippen molar-refractivity contribution in [3.63, 3.8) is 0 Å². The van der Waals surface area contributed by atoms with Crippen LogP contribution in [0.25, 0.3) is 0 Å². The second kappa shape index (κ2) is 7.36. The molecule has 110 valence electrons. The summed E-state index contributed by atoms with van der Waals surface area (Å²) in [6, 6.07) is -1.20. The van der Waals surface area contributed by atoms with Gasteiger partial charge in [-0.25, -0.2) is 9.59 Å². The van der Waals surface area contributed by atoms with Crippen LogP contribution < -0.4 is 10.6 Å². The predicted octanol–water partition coefficient (Wildman–Crippen LogP) is 2.22. The first-order chi connectivity index (χ1) is 8.90. The van der Waals surface area contributed by atoms with Crippen LogP contribution in [0.1, 0.15) is 46.5 Å². The number of hydrogen-bond acceptors (Lipinski definition) is 2. The minimum absolute atomic E-state index is 0.126. The number of urea groups is 1. The molecule has 0 aliphatic heterocycles. The molecule has 1 fully saturated rings. The summed E-state index contributed by atoms with van der Waals surface area (Å²) in [4.78, 5) is 22.7. The van der Waals surface area contributed by atoms with Crippen LogP contribution in [-0.2, 0) is 4.79 Å². The van der Waals surface area contributed by atoms with Gasteiger partial charge in [0.2, 0.25) is 0 Å². The highest BCUT2D eigenvalue weighted by atomic mass is 16.4. The SMILES string of the molecule is CC1CCC(CNC(=O)N[C@@H](C(=O)O)C(C)C)CC1. The third-order valence-corrected chi connectivity index (χ3v) is 3.91. The topological polar surface area (TPSA) is 78.4 Å². The molecule has 0 saturated heterocycles. The molecule has 3 N–H and O–H groups in total. The summed E-state index contributed by atoms with van der Waals surface area (Å²) in [7, 11) is 0. The largest absolute Gasteiger partial charge is 0.480 e. The van der Waals surface area contributed by atoms with Crippen LogP contribution in [0, 0.1) is 17.8 Å². The van der Waals surface area contributed by atoms with Gasteiger partial charge in [0.25, 0.3) is 0 Å². The molecule has 0 radical (unpaired) electrons.